The highest BCUT2D eigenvalue weighted by atomic mass is 16.5. The number of hydrogen-bond donors (Lipinski definition) is 0. The van der Waals surface area contributed by atoms with Crippen molar-refractivity contribution in [3.63, 3.8) is 0 Å². The predicted molar refractivity (Wildman–Crippen MR) is 95.6 cm³/mol. The summed E-state index contributed by atoms with van der Waals surface area (Å²) in [5.41, 5.74) is 3.87. The van der Waals surface area contributed by atoms with Gasteiger partial charge < -0.3 is 9.42 Å². The van der Waals surface area contributed by atoms with E-state index >= 15 is 0 Å². The maximum Gasteiger partial charge on any atom is 0.258 e. The third-order valence-electron chi connectivity index (χ3n) is 5.96. The van der Waals surface area contributed by atoms with Crippen LogP contribution in [-0.4, -0.2) is 32.5 Å². The Labute approximate surface area is 151 Å². The fourth-order valence-corrected chi connectivity index (χ4v) is 4.60. The minimum atomic E-state index is 0.0261. The molecule has 0 bridgehead atoms. The molecule has 4 heterocycles. The molecule has 0 aromatic carbocycles. The van der Waals surface area contributed by atoms with E-state index in [0.717, 1.165) is 23.2 Å². The molecule has 3 aromatic rings. The number of carbonyl (C=O) groups excluding carboxylic acids is 1. The molecule has 1 amide bonds. The van der Waals surface area contributed by atoms with E-state index in [2.05, 4.69) is 21.2 Å². The molecule has 1 aliphatic heterocycles. The van der Waals surface area contributed by atoms with Crippen LogP contribution in [0, 0.1) is 19.3 Å². The zero-order valence-corrected chi connectivity index (χ0v) is 14.9. The van der Waals surface area contributed by atoms with Crippen LogP contribution < -0.4 is 0 Å². The molecule has 1 atom stereocenters. The van der Waals surface area contributed by atoms with E-state index in [1.54, 1.807) is 6.20 Å². The first kappa shape index (κ1) is 15.5. The Morgan fingerprint density at radius 3 is 2.88 bits per heavy atom. The zero-order chi connectivity index (χ0) is 17.9. The molecule has 1 spiro atoms. The Morgan fingerprint density at radius 2 is 2.19 bits per heavy atom. The number of aromatic nitrogens is 3. The van der Waals surface area contributed by atoms with Gasteiger partial charge in [-0.1, -0.05) is 17.6 Å². The first-order chi connectivity index (χ1) is 12.6. The number of carbonyl (C=O) groups is 1. The SMILES string of the molecule is Cc1cc(C(=O)N2CC3(CCC3)C2c2cccnc2)c2c(C)noc2n1. The third kappa shape index (κ3) is 2.04. The Kier molecular flexibility index (Phi) is 3.20. The van der Waals surface area contributed by atoms with Gasteiger partial charge in [0, 0.05) is 30.0 Å². The fourth-order valence-electron chi connectivity index (χ4n) is 4.60. The second-order valence-corrected chi connectivity index (χ2v) is 7.60. The smallest absolute Gasteiger partial charge is 0.258 e. The van der Waals surface area contributed by atoms with Gasteiger partial charge in [-0.25, -0.2) is 4.98 Å². The average Bonchev–Trinajstić information content (AvgIpc) is 2.93. The first-order valence-corrected chi connectivity index (χ1v) is 9.04. The maximum absolute atomic E-state index is 13.5. The van der Waals surface area contributed by atoms with Crippen LogP contribution >= 0.6 is 0 Å². The van der Waals surface area contributed by atoms with Gasteiger partial charge in [0.2, 0.25) is 0 Å². The predicted octanol–water partition coefficient (Wildman–Crippen LogP) is 3.60. The number of aryl methyl sites for hydroxylation is 2. The topological polar surface area (TPSA) is 72.1 Å². The van der Waals surface area contributed by atoms with Crippen molar-refractivity contribution in [2.75, 3.05) is 6.54 Å². The lowest BCUT2D eigenvalue weighted by molar-refractivity contribution is -0.105. The van der Waals surface area contributed by atoms with Crippen molar-refractivity contribution in [1.29, 1.82) is 0 Å². The van der Waals surface area contributed by atoms with Gasteiger partial charge in [-0.3, -0.25) is 9.78 Å². The lowest BCUT2D eigenvalue weighted by Gasteiger charge is -2.62. The number of likely N-dealkylation sites (tertiary alicyclic amines) is 1. The van der Waals surface area contributed by atoms with Gasteiger partial charge in [-0.05, 0) is 44.4 Å². The summed E-state index contributed by atoms with van der Waals surface area (Å²) < 4.78 is 5.29. The second kappa shape index (κ2) is 5.37. The molecule has 2 fully saturated rings. The minimum Gasteiger partial charge on any atom is -0.336 e. The molecule has 26 heavy (non-hydrogen) atoms. The van der Waals surface area contributed by atoms with Crippen LogP contribution in [0.2, 0.25) is 0 Å². The van der Waals surface area contributed by atoms with Gasteiger partial charge in [0.15, 0.2) is 0 Å². The van der Waals surface area contributed by atoms with E-state index in [-0.39, 0.29) is 17.4 Å². The number of pyridine rings is 2. The summed E-state index contributed by atoms with van der Waals surface area (Å²) in [5.74, 6) is 0.0261. The maximum atomic E-state index is 13.5. The molecular weight excluding hydrogens is 328 g/mol. The lowest BCUT2D eigenvalue weighted by Crippen LogP contribution is -2.63. The van der Waals surface area contributed by atoms with E-state index in [9.17, 15) is 4.79 Å². The highest BCUT2D eigenvalue weighted by Gasteiger charge is 2.58. The van der Waals surface area contributed by atoms with Gasteiger partial charge in [0.05, 0.1) is 22.7 Å². The monoisotopic (exact) mass is 348 g/mol. The Bertz CT molecular complexity index is 1010. The summed E-state index contributed by atoms with van der Waals surface area (Å²) in [6.07, 6.45) is 7.25. The van der Waals surface area contributed by atoms with Gasteiger partial charge in [0.1, 0.15) is 0 Å². The molecule has 6 nitrogen and oxygen atoms in total. The van der Waals surface area contributed by atoms with Crippen molar-refractivity contribution in [3.8, 4) is 0 Å². The van der Waals surface area contributed by atoms with Crippen LogP contribution in [0.3, 0.4) is 0 Å². The Hall–Kier alpha value is -2.76. The van der Waals surface area contributed by atoms with Crippen molar-refractivity contribution in [2.24, 2.45) is 5.41 Å². The lowest BCUT2D eigenvalue weighted by atomic mass is 9.56. The molecule has 0 N–H and O–H groups in total. The number of hydrogen-bond acceptors (Lipinski definition) is 5. The van der Waals surface area contributed by atoms with Crippen molar-refractivity contribution < 1.29 is 9.32 Å². The van der Waals surface area contributed by atoms with Crippen molar-refractivity contribution >= 4 is 17.0 Å². The van der Waals surface area contributed by atoms with Gasteiger partial charge >= 0.3 is 0 Å². The normalized spacial score (nSPS) is 20.8. The molecular formula is C20H20N4O2. The van der Waals surface area contributed by atoms with E-state index in [1.165, 1.54) is 19.3 Å². The van der Waals surface area contributed by atoms with Gasteiger partial charge in [0.25, 0.3) is 11.6 Å². The van der Waals surface area contributed by atoms with Crippen LogP contribution in [0.4, 0.5) is 0 Å². The van der Waals surface area contributed by atoms with Crippen LogP contribution in [0.5, 0.6) is 0 Å². The van der Waals surface area contributed by atoms with E-state index < -0.39 is 0 Å². The zero-order valence-electron chi connectivity index (χ0n) is 14.9. The molecule has 2 aliphatic rings. The third-order valence-corrected chi connectivity index (χ3v) is 5.96. The number of nitrogens with zero attached hydrogens (tertiary/aromatic N) is 4. The highest BCUT2D eigenvalue weighted by Crippen LogP contribution is 2.60. The molecule has 1 unspecified atom stereocenters. The minimum absolute atomic E-state index is 0.0261. The Balaban J connectivity index is 1.58. The first-order valence-electron chi connectivity index (χ1n) is 9.04. The molecule has 1 saturated carbocycles. The number of amides is 1. The van der Waals surface area contributed by atoms with Crippen LogP contribution in [0.15, 0.2) is 35.1 Å². The molecule has 132 valence electrons. The standard InChI is InChI=1S/C20H20N4O2/c1-12-9-15(16-13(2)23-26-18(16)22-12)19(25)24-11-20(6-4-7-20)17(24)14-5-3-8-21-10-14/h3,5,8-10,17H,4,6-7,11H2,1-2H3. The molecule has 5 rings (SSSR count). The van der Waals surface area contributed by atoms with Crippen molar-refractivity contribution in [2.45, 2.75) is 39.2 Å². The number of fused-ring (bicyclic) bond motifs is 1. The van der Waals surface area contributed by atoms with E-state index in [0.29, 0.717) is 17.0 Å². The van der Waals surface area contributed by atoms with Crippen LogP contribution in [0.1, 0.15) is 52.6 Å². The molecule has 6 heteroatoms. The van der Waals surface area contributed by atoms with Crippen molar-refractivity contribution in [1.82, 2.24) is 20.0 Å². The summed E-state index contributed by atoms with van der Waals surface area (Å²) in [5, 5.41) is 4.72. The highest BCUT2D eigenvalue weighted by molar-refractivity contribution is 6.06. The van der Waals surface area contributed by atoms with Crippen molar-refractivity contribution in [3.05, 3.63) is 53.1 Å². The summed E-state index contributed by atoms with van der Waals surface area (Å²) in [6.45, 7) is 4.52. The van der Waals surface area contributed by atoms with Crippen LogP contribution in [-0.2, 0) is 0 Å². The quantitative estimate of drug-likeness (QED) is 0.707. The van der Waals surface area contributed by atoms with Gasteiger partial charge in [-0.2, -0.15) is 0 Å². The summed E-state index contributed by atoms with van der Waals surface area (Å²) in [6, 6.07) is 5.97. The molecule has 1 saturated heterocycles. The molecule has 0 radical (unpaired) electrons. The molecule has 3 aromatic heterocycles. The second-order valence-electron chi connectivity index (χ2n) is 7.60. The largest absolute Gasteiger partial charge is 0.336 e. The van der Waals surface area contributed by atoms with E-state index in [4.69, 9.17) is 4.52 Å². The summed E-state index contributed by atoms with van der Waals surface area (Å²) in [7, 11) is 0. The fraction of sp³-hybridized carbons (Fsp3) is 0.400. The number of rotatable bonds is 2. The summed E-state index contributed by atoms with van der Waals surface area (Å²) >= 11 is 0. The molecule has 1 aliphatic carbocycles. The van der Waals surface area contributed by atoms with Crippen LogP contribution in [0.25, 0.3) is 11.1 Å². The summed E-state index contributed by atoms with van der Waals surface area (Å²) in [4.78, 5) is 24.1. The van der Waals surface area contributed by atoms with Gasteiger partial charge in [-0.15, -0.1) is 0 Å². The average molecular weight is 348 g/mol. The van der Waals surface area contributed by atoms with E-state index in [1.807, 2.05) is 37.1 Å². The Morgan fingerprint density at radius 1 is 1.35 bits per heavy atom.